The zero-order valence-corrected chi connectivity index (χ0v) is 8.94. The van der Waals surface area contributed by atoms with Crippen molar-refractivity contribution in [3.05, 3.63) is 0 Å². The van der Waals surface area contributed by atoms with Crippen molar-refractivity contribution in [3.63, 3.8) is 0 Å². The molecule has 1 aliphatic rings. The van der Waals surface area contributed by atoms with E-state index in [-0.39, 0.29) is 6.10 Å². The van der Waals surface area contributed by atoms with Gasteiger partial charge in [-0.05, 0) is 25.7 Å². The second kappa shape index (κ2) is 5.13. The molecule has 12 heavy (non-hydrogen) atoms. The van der Waals surface area contributed by atoms with Crippen LogP contribution in [-0.4, -0.2) is 22.2 Å². The van der Waals surface area contributed by atoms with Crippen molar-refractivity contribution in [2.45, 2.75) is 50.9 Å². The van der Waals surface area contributed by atoms with Crippen molar-refractivity contribution < 1.29 is 5.11 Å². The van der Waals surface area contributed by atoms with Gasteiger partial charge >= 0.3 is 0 Å². The summed E-state index contributed by atoms with van der Waals surface area (Å²) in [4.78, 5) is 0. The van der Waals surface area contributed by atoms with E-state index < -0.39 is 0 Å². The Morgan fingerprint density at radius 2 is 2.25 bits per heavy atom. The number of hydrogen-bond donors (Lipinski definition) is 1. The monoisotopic (exact) mass is 188 g/mol. The number of thioether (sulfide) groups is 1. The molecule has 1 nitrogen and oxygen atoms in total. The smallest absolute Gasteiger partial charge is 0.0602 e. The summed E-state index contributed by atoms with van der Waals surface area (Å²) in [5.41, 5.74) is 0. The molecule has 1 fully saturated rings. The van der Waals surface area contributed by atoms with Crippen LogP contribution in [0, 0.1) is 5.92 Å². The third kappa shape index (κ3) is 3.81. The molecule has 0 aromatic heterocycles. The number of aliphatic hydroxyl groups excluding tert-OH is 1. The predicted molar refractivity (Wildman–Crippen MR) is 55.6 cm³/mol. The minimum absolute atomic E-state index is 0.132. The third-order valence-electron chi connectivity index (χ3n) is 2.46. The van der Waals surface area contributed by atoms with Gasteiger partial charge in [-0.15, -0.1) is 0 Å². The van der Waals surface area contributed by atoms with E-state index in [0.29, 0.717) is 0 Å². The van der Waals surface area contributed by atoms with Crippen LogP contribution in [0.3, 0.4) is 0 Å². The van der Waals surface area contributed by atoms with Gasteiger partial charge in [0.2, 0.25) is 0 Å². The lowest BCUT2D eigenvalue weighted by Gasteiger charge is -2.26. The Morgan fingerprint density at radius 1 is 1.50 bits per heavy atom. The van der Waals surface area contributed by atoms with Crippen LogP contribution in [0.2, 0.25) is 0 Å². The minimum atomic E-state index is -0.132. The quantitative estimate of drug-likeness (QED) is 0.735. The molecule has 0 amide bonds. The van der Waals surface area contributed by atoms with Crippen LogP contribution in [-0.2, 0) is 0 Å². The van der Waals surface area contributed by atoms with Crippen LogP contribution in [0.4, 0.5) is 0 Å². The highest BCUT2D eigenvalue weighted by Gasteiger charge is 2.19. The second-order valence-electron chi connectivity index (χ2n) is 4.08. The summed E-state index contributed by atoms with van der Waals surface area (Å²) in [7, 11) is 0. The molecule has 1 N–H and O–H groups in total. The van der Waals surface area contributed by atoms with Crippen LogP contribution in [0.1, 0.15) is 39.5 Å². The van der Waals surface area contributed by atoms with Gasteiger partial charge in [0.25, 0.3) is 0 Å². The fourth-order valence-corrected chi connectivity index (χ4v) is 3.15. The van der Waals surface area contributed by atoms with Gasteiger partial charge in [-0.25, -0.2) is 0 Å². The van der Waals surface area contributed by atoms with E-state index in [4.69, 9.17) is 5.11 Å². The van der Waals surface area contributed by atoms with E-state index in [1.54, 1.807) is 0 Å². The molecule has 0 heterocycles. The first-order valence-corrected chi connectivity index (χ1v) is 6.03. The molecule has 0 bridgehead atoms. The SMILES string of the molecule is CC1CCCC(SC[C@H](C)O)C1. The topological polar surface area (TPSA) is 20.2 Å². The third-order valence-corrected chi connectivity index (χ3v) is 4.04. The molecular formula is C10H20OS. The first kappa shape index (κ1) is 10.4. The summed E-state index contributed by atoms with van der Waals surface area (Å²) in [6.45, 7) is 4.22. The number of hydrogen-bond acceptors (Lipinski definition) is 2. The summed E-state index contributed by atoms with van der Waals surface area (Å²) in [6, 6.07) is 0. The molecule has 2 unspecified atom stereocenters. The van der Waals surface area contributed by atoms with E-state index in [9.17, 15) is 0 Å². The molecule has 0 aliphatic heterocycles. The van der Waals surface area contributed by atoms with Gasteiger partial charge in [-0.3, -0.25) is 0 Å². The summed E-state index contributed by atoms with van der Waals surface area (Å²) in [5.74, 6) is 1.82. The fraction of sp³-hybridized carbons (Fsp3) is 1.00. The lowest BCUT2D eigenvalue weighted by atomic mass is 9.91. The van der Waals surface area contributed by atoms with Gasteiger partial charge in [-0.1, -0.05) is 19.8 Å². The van der Waals surface area contributed by atoms with E-state index >= 15 is 0 Å². The largest absolute Gasteiger partial charge is 0.393 e. The maximum absolute atomic E-state index is 9.13. The summed E-state index contributed by atoms with van der Waals surface area (Å²) < 4.78 is 0. The van der Waals surface area contributed by atoms with Crippen molar-refractivity contribution >= 4 is 11.8 Å². The van der Waals surface area contributed by atoms with Gasteiger partial charge < -0.3 is 5.11 Å². The van der Waals surface area contributed by atoms with Crippen LogP contribution >= 0.6 is 11.8 Å². The molecule has 1 rings (SSSR count). The molecule has 0 aromatic carbocycles. The van der Waals surface area contributed by atoms with E-state index in [1.165, 1.54) is 25.7 Å². The lowest BCUT2D eigenvalue weighted by Crippen LogP contribution is -2.17. The second-order valence-corrected chi connectivity index (χ2v) is 5.41. The van der Waals surface area contributed by atoms with Gasteiger partial charge in [-0.2, -0.15) is 11.8 Å². The first-order valence-electron chi connectivity index (χ1n) is 4.98. The zero-order valence-electron chi connectivity index (χ0n) is 8.12. The normalized spacial score (nSPS) is 33.2. The van der Waals surface area contributed by atoms with Crippen LogP contribution in [0.25, 0.3) is 0 Å². The maximum Gasteiger partial charge on any atom is 0.0602 e. The average molecular weight is 188 g/mol. The molecule has 1 saturated carbocycles. The summed E-state index contributed by atoms with van der Waals surface area (Å²) in [5, 5.41) is 9.95. The molecule has 2 heteroatoms. The van der Waals surface area contributed by atoms with E-state index in [1.807, 2.05) is 18.7 Å². The average Bonchev–Trinajstić information content (AvgIpc) is 2.01. The Bertz CT molecular complexity index is 125. The Balaban J connectivity index is 2.14. The highest BCUT2D eigenvalue weighted by molar-refractivity contribution is 7.99. The highest BCUT2D eigenvalue weighted by Crippen LogP contribution is 2.31. The maximum atomic E-state index is 9.13. The van der Waals surface area contributed by atoms with Crippen LogP contribution < -0.4 is 0 Å². The molecule has 0 aromatic rings. The molecule has 3 atom stereocenters. The Hall–Kier alpha value is 0.310. The number of aliphatic hydroxyl groups is 1. The highest BCUT2D eigenvalue weighted by atomic mass is 32.2. The van der Waals surface area contributed by atoms with Gasteiger partial charge in [0, 0.05) is 11.0 Å². The molecule has 0 spiro atoms. The van der Waals surface area contributed by atoms with Crippen LogP contribution in [0.15, 0.2) is 0 Å². The Morgan fingerprint density at radius 3 is 2.83 bits per heavy atom. The Labute approximate surface area is 79.9 Å². The lowest BCUT2D eigenvalue weighted by molar-refractivity contribution is 0.220. The molecule has 72 valence electrons. The Kier molecular flexibility index (Phi) is 4.44. The van der Waals surface area contributed by atoms with Gasteiger partial charge in [0.1, 0.15) is 0 Å². The number of rotatable bonds is 3. The van der Waals surface area contributed by atoms with Crippen molar-refractivity contribution in [1.29, 1.82) is 0 Å². The van der Waals surface area contributed by atoms with Crippen molar-refractivity contribution in [3.8, 4) is 0 Å². The first-order chi connectivity index (χ1) is 5.68. The molecule has 0 saturated heterocycles. The summed E-state index contributed by atoms with van der Waals surface area (Å²) in [6.07, 6.45) is 5.39. The zero-order chi connectivity index (χ0) is 8.97. The predicted octanol–water partition coefficient (Wildman–Crippen LogP) is 2.68. The summed E-state index contributed by atoms with van der Waals surface area (Å²) >= 11 is 1.96. The van der Waals surface area contributed by atoms with E-state index in [0.717, 1.165) is 16.9 Å². The van der Waals surface area contributed by atoms with Crippen molar-refractivity contribution in [2.24, 2.45) is 5.92 Å². The molecule has 0 radical (unpaired) electrons. The molecule has 1 aliphatic carbocycles. The standard InChI is InChI=1S/C10H20OS/c1-8-4-3-5-10(6-8)12-7-9(2)11/h8-11H,3-7H2,1-2H3/t8?,9-,10?/m0/s1. The van der Waals surface area contributed by atoms with Crippen LogP contribution in [0.5, 0.6) is 0 Å². The van der Waals surface area contributed by atoms with Crippen molar-refractivity contribution in [1.82, 2.24) is 0 Å². The van der Waals surface area contributed by atoms with Gasteiger partial charge in [0.15, 0.2) is 0 Å². The molecular weight excluding hydrogens is 168 g/mol. The minimum Gasteiger partial charge on any atom is -0.393 e. The fourth-order valence-electron chi connectivity index (χ4n) is 1.81. The van der Waals surface area contributed by atoms with Gasteiger partial charge in [0.05, 0.1) is 6.10 Å². The van der Waals surface area contributed by atoms with Crippen molar-refractivity contribution in [2.75, 3.05) is 5.75 Å². The van der Waals surface area contributed by atoms with E-state index in [2.05, 4.69) is 6.92 Å².